The quantitative estimate of drug-likeness (QED) is 0.363. The van der Waals surface area contributed by atoms with Gasteiger partial charge in [0.25, 0.3) is 11.8 Å². The van der Waals surface area contributed by atoms with Gasteiger partial charge in [-0.3, -0.25) is 15.0 Å². The van der Waals surface area contributed by atoms with Gasteiger partial charge in [0.05, 0.1) is 12.7 Å². The first-order valence-corrected chi connectivity index (χ1v) is 12.4. The highest BCUT2D eigenvalue weighted by Gasteiger charge is 2.23. The molecule has 1 atom stereocenters. The highest BCUT2D eigenvalue weighted by molar-refractivity contribution is 7.18. The number of hydrogen-bond acceptors (Lipinski definition) is 10. The second-order valence-corrected chi connectivity index (χ2v) is 9.19. The average Bonchev–Trinajstić information content (AvgIpc) is 3.62. The van der Waals surface area contributed by atoms with Crippen molar-refractivity contribution in [3.8, 4) is 22.3 Å². The highest BCUT2D eigenvalue weighted by atomic mass is 32.1. The van der Waals surface area contributed by atoms with E-state index in [0.29, 0.717) is 33.0 Å². The van der Waals surface area contributed by atoms with Gasteiger partial charge in [0.2, 0.25) is 5.13 Å². The van der Waals surface area contributed by atoms with E-state index in [2.05, 4.69) is 35.4 Å². The molecule has 0 spiro atoms. The molecule has 1 amide bonds. The molecule has 0 radical (unpaired) electrons. The summed E-state index contributed by atoms with van der Waals surface area (Å²) in [6.07, 6.45) is 6.70. The molecular formula is C25H25N7O3S. The minimum Gasteiger partial charge on any atom is -0.491 e. The Balaban J connectivity index is 1.31. The summed E-state index contributed by atoms with van der Waals surface area (Å²) in [4.78, 5) is 27.7. The van der Waals surface area contributed by atoms with Gasteiger partial charge < -0.3 is 9.47 Å². The van der Waals surface area contributed by atoms with Crippen molar-refractivity contribution in [3.05, 3.63) is 72.3 Å². The molecule has 0 unspecified atom stereocenters. The molecule has 1 aromatic carbocycles. The molecule has 1 N–H and O–H groups in total. The van der Waals surface area contributed by atoms with E-state index < -0.39 is 0 Å². The van der Waals surface area contributed by atoms with Crippen LogP contribution in [0.3, 0.4) is 0 Å². The van der Waals surface area contributed by atoms with Crippen molar-refractivity contribution in [2.24, 2.45) is 0 Å². The maximum atomic E-state index is 12.9. The number of carbonyl (C=O) groups is 1. The predicted molar refractivity (Wildman–Crippen MR) is 135 cm³/mol. The molecule has 1 aliphatic heterocycles. The van der Waals surface area contributed by atoms with E-state index in [1.165, 1.54) is 43.8 Å². The Hall–Kier alpha value is -3.96. The Labute approximate surface area is 212 Å². The van der Waals surface area contributed by atoms with E-state index in [4.69, 9.17) is 9.47 Å². The number of hydrogen-bond donors (Lipinski definition) is 1. The predicted octanol–water partition coefficient (Wildman–Crippen LogP) is 3.87. The van der Waals surface area contributed by atoms with Crippen molar-refractivity contribution in [3.63, 3.8) is 0 Å². The standard InChI is InChI=1S/C25H25N7O3S/c1-34-20-13-18(22(33)29-25-31-30-24(36-25)19-9-10-26-16-28-19)14-27-23(20)35-21(15-32-11-5-6-12-32)17-7-3-2-4-8-17/h2-4,7-10,13-14,16,21H,5-6,11-12,15H2,1H3,(H,29,31,33)/t21-/m0/s1. The van der Waals surface area contributed by atoms with Crippen LogP contribution in [0.15, 0.2) is 61.2 Å². The number of anilines is 1. The SMILES string of the molecule is COc1cc(C(=O)Nc2nnc(-c3ccncn3)s2)cnc1O[C@@H](CN1CCCC1)c1ccccc1. The van der Waals surface area contributed by atoms with Gasteiger partial charge in [-0.05, 0) is 37.6 Å². The average molecular weight is 504 g/mol. The van der Waals surface area contributed by atoms with Gasteiger partial charge in [-0.15, -0.1) is 10.2 Å². The molecular weight excluding hydrogens is 478 g/mol. The van der Waals surface area contributed by atoms with Gasteiger partial charge in [0, 0.05) is 25.0 Å². The van der Waals surface area contributed by atoms with Crippen LogP contribution in [-0.2, 0) is 0 Å². The first-order chi connectivity index (χ1) is 17.7. The first kappa shape index (κ1) is 23.8. The van der Waals surface area contributed by atoms with Crippen molar-refractivity contribution >= 4 is 22.4 Å². The van der Waals surface area contributed by atoms with E-state index in [1.807, 2.05) is 30.3 Å². The fourth-order valence-corrected chi connectivity index (χ4v) is 4.68. The zero-order chi connectivity index (χ0) is 24.7. The van der Waals surface area contributed by atoms with Crippen LogP contribution in [0.1, 0.15) is 34.9 Å². The van der Waals surface area contributed by atoms with E-state index >= 15 is 0 Å². The molecule has 0 aliphatic carbocycles. The van der Waals surface area contributed by atoms with Gasteiger partial charge in [-0.25, -0.2) is 15.0 Å². The maximum absolute atomic E-state index is 12.9. The van der Waals surface area contributed by atoms with Crippen molar-refractivity contribution in [2.75, 3.05) is 32.1 Å². The molecule has 184 valence electrons. The number of pyridine rings is 1. The van der Waals surface area contributed by atoms with Crippen LogP contribution in [-0.4, -0.2) is 62.7 Å². The van der Waals surface area contributed by atoms with E-state index in [0.717, 1.165) is 25.2 Å². The molecule has 11 heteroatoms. The van der Waals surface area contributed by atoms with Crippen molar-refractivity contribution in [1.29, 1.82) is 0 Å². The van der Waals surface area contributed by atoms with Crippen molar-refractivity contribution in [1.82, 2.24) is 30.0 Å². The number of nitrogens with one attached hydrogen (secondary N) is 1. The van der Waals surface area contributed by atoms with Gasteiger partial charge in [0.15, 0.2) is 10.8 Å². The zero-order valence-electron chi connectivity index (χ0n) is 19.7. The van der Waals surface area contributed by atoms with Crippen LogP contribution in [0, 0.1) is 0 Å². The number of carbonyl (C=O) groups excluding carboxylic acids is 1. The topological polar surface area (TPSA) is 115 Å². The third-order valence-corrected chi connectivity index (χ3v) is 6.66. The Morgan fingerprint density at radius 1 is 1.14 bits per heavy atom. The number of likely N-dealkylation sites (tertiary alicyclic amines) is 1. The van der Waals surface area contributed by atoms with Crippen LogP contribution in [0.25, 0.3) is 10.7 Å². The summed E-state index contributed by atoms with van der Waals surface area (Å²) in [5.41, 5.74) is 2.01. The van der Waals surface area contributed by atoms with Crippen LogP contribution in [0.4, 0.5) is 5.13 Å². The number of amides is 1. The lowest BCUT2D eigenvalue weighted by molar-refractivity contribution is 0.102. The summed E-state index contributed by atoms with van der Waals surface area (Å²) in [5, 5.41) is 11.8. The normalized spacial score (nSPS) is 14.4. The minimum absolute atomic E-state index is 0.216. The number of rotatable bonds is 9. The summed E-state index contributed by atoms with van der Waals surface area (Å²) in [6, 6.07) is 13.4. The molecule has 1 aliphatic rings. The fraction of sp³-hybridized carbons (Fsp3) is 0.280. The van der Waals surface area contributed by atoms with Crippen LogP contribution in [0.2, 0.25) is 0 Å². The van der Waals surface area contributed by atoms with Gasteiger partial charge in [0.1, 0.15) is 18.1 Å². The van der Waals surface area contributed by atoms with Gasteiger partial charge in [-0.2, -0.15) is 0 Å². The van der Waals surface area contributed by atoms with E-state index in [9.17, 15) is 4.79 Å². The third kappa shape index (κ3) is 5.64. The van der Waals surface area contributed by atoms with E-state index in [1.54, 1.807) is 18.3 Å². The van der Waals surface area contributed by atoms with Crippen molar-refractivity contribution in [2.45, 2.75) is 18.9 Å². The molecule has 10 nitrogen and oxygen atoms in total. The molecule has 4 aromatic rings. The maximum Gasteiger partial charge on any atom is 0.259 e. The lowest BCUT2D eigenvalue weighted by atomic mass is 10.1. The number of nitrogens with zero attached hydrogens (tertiary/aromatic N) is 6. The fourth-order valence-electron chi connectivity index (χ4n) is 3.97. The van der Waals surface area contributed by atoms with Crippen LogP contribution in [0.5, 0.6) is 11.6 Å². The smallest absolute Gasteiger partial charge is 0.259 e. The Morgan fingerprint density at radius 3 is 2.72 bits per heavy atom. The second kappa shape index (κ2) is 11.2. The molecule has 0 bridgehead atoms. The lowest BCUT2D eigenvalue weighted by Gasteiger charge is -2.25. The van der Waals surface area contributed by atoms with Gasteiger partial charge >= 0.3 is 0 Å². The summed E-state index contributed by atoms with van der Waals surface area (Å²) in [5.74, 6) is 0.336. The molecule has 1 saturated heterocycles. The number of aromatic nitrogens is 5. The molecule has 1 fully saturated rings. The summed E-state index contributed by atoms with van der Waals surface area (Å²) in [6.45, 7) is 2.87. The van der Waals surface area contributed by atoms with E-state index in [-0.39, 0.29) is 12.0 Å². The number of methoxy groups -OCH3 is 1. The number of ether oxygens (including phenoxy) is 2. The second-order valence-electron chi connectivity index (χ2n) is 8.22. The molecule has 0 saturated carbocycles. The summed E-state index contributed by atoms with van der Waals surface area (Å²) in [7, 11) is 1.53. The van der Waals surface area contributed by atoms with Crippen LogP contribution >= 0.6 is 11.3 Å². The minimum atomic E-state index is -0.380. The van der Waals surface area contributed by atoms with Gasteiger partial charge in [-0.1, -0.05) is 41.7 Å². The largest absolute Gasteiger partial charge is 0.491 e. The molecule has 3 aromatic heterocycles. The Morgan fingerprint density at radius 2 is 1.97 bits per heavy atom. The molecule has 4 heterocycles. The zero-order valence-corrected chi connectivity index (χ0v) is 20.5. The molecule has 36 heavy (non-hydrogen) atoms. The monoisotopic (exact) mass is 503 g/mol. The Kier molecular flexibility index (Phi) is 7.39. The Bertz CT molecular complexity index is 1300. The van der Waals surface area contributed by atoms with Crippen molar-refractivity contribution < 1.29 is 14.3 Å². The first-order valence-electron chi connectivity index (χ1n) is 11.6. The lowest BCUT2D eigenvalue weighted by Crippen LogP contribution is -2.28. The number of benzene rings is 1. The van der Waals surface area contributed by atoms with Crippen LogP contribution < -0.4 is 14.8 Å². The molecule has 5 rings (SSSR count). The third-order valence-electron chi connectivity index (χ3n) is 5.79. The summed E-state index contributed by atoms with van der Waals surface area (Å²) < 4.78 is 11.9. The highest BCUT2D eigenvalue weighted by Crippen LogP contribution is 2.31. The summed E-state index contributed by atoms with van der Waals surface area (Å²) >= 11 is 1.22.